The van der Waals surface area contributed by atoms with Gasteiger partial charge in [-0.25, -0.2) is 0 Å². The van der Waals surface area contributed by atoms with Gasteiger partial charge in [-0.3, -0.25) is 4.79 Å². The van der Waals surface area contributed by atoms with E-state index in [2.05, 4.69) is 19.2 Å². The van der Waals surface area contributed by atoms with Gasteiger partial charge in [-0.2, -0.15) is 0 Å². The van der Waals surface area contributed by atoms with Gasteiger partial charge in [0, 0.05) is 6.54 Å². The van der Waals surface area contributed by atoms with E-state index in [4.69, 9.17) is 4.74 Å². The van der Waals surface area contributed by atoms with Gasteiger partial charge >= 0.3 is 0 Å². The van der Waals surface area contributed by atoms with Crippen molar-refractivity contribution in [2.45, 2.75) is 39.7 Å². The van der Waals surface area contributed by atoms with E-state index in [1.54, 1.807) is 0 Å². The molecule has 0 saturated carbocycles. The Morgan fingerprint density at radius 1 is 1.04 bits per heavy atom. The van der Waals surface area contributed by atoms with Crippen molar-refractivity contribution in [3.63, 3.8) is 0 Å². The summed E-state index contributed by atoms with van der Waals surface area (Å²) in [7, 11) is 0. The van der Waals surface area contributed by atoms with Gasteiger partial charge in [-0.1, -0.05) is 44.2 Å². The number of carbonyl (C=O) groups is 1. The highest BCUT2D eigenvalue weighted by molar-refractivity contribution is 5.77. The van der Waals surface area contributed by atoms with Crippen LogP contribution in [-0.2, 0) is 4.79 Å². The molecule has 0 radical (unpaired) electrons. The van der Waals surface area contributed by atoms with Gasteiger partial charge in [-0.05, 0) is 54.2 Å². The Bertz CT molecular complexity index is 708. The van der Waals surface area contributed by atoms with Crippen LogP contribution >= 0.6 is 0 Å². The molecular weight excluding hydrogens is 314 g/mol. The average Bonchev–Trinajstić information content (AvgIpc) is 2.60. The fourth-order valence-corrected chi connectivity index (χ4v) is 2.44. The standard InChI is InChI=1S/C21H27NO3/c1-14(2)17-6-8-18(9-7-17)20(23)12-22-21(24)13-25-19-10-5-15(3)16(4)11-19/h5-11,14,20,23H,12-13H2,1-4H3,(H,22,24). The van der Waals surface area contributed by atoms with Crippen molar-refractivity contribution in [1.82, 2.24) is 5.32 Å². The predicted molar refractivity (Wildman–Crippen MR) is 99.9 cm³/mol. The van der Waals surface area contributed by atoms with Crippen LogP contribution in [0, 0.1) is 13.8 Å². The number of rotatable bonds is 7. The zero-order chi connectivity index (χ0) is 18.4. The number of aryl methyl sites for hydroxylation is 2. The lowest BCUT2D eigenvalue weighted by molar-refractivity contribution is -0.123. The van der Waals surface area contributed by atoms with Crippen LogP contribution < -0.4 is 10.1 Å². The zero-order valence-electron chi connectivity index (χ0n) is 15.4. The molecule has 0 saturated heterocycles. The molecule has 0 spiro atoms. The first-order valence-corrected chi connectivity index (χ1v) is 8.61. The monoisotopic (exact) mass is 341 g/mol. The second-order valence-electron chi connectivity index (χ2n) is 6.68. The first-order valence-electron chi connectivity index (χ1n) is 8.61. The number of amides is 1. The molecule has 0 aliphatic carbocycles. The number of aliphatic hydroxyl groups is 1. The number of ether oxygens (including phenoxy) is 1. The largest absolute Gasteiger partial charge is 0.484 e. The van der Waals surface area contributed by atoms with Gasteiger partial charge in [0.15, 0.2) is 6.61 Å². The summed E-state index contributed by atoms with van der Waals surface area (Å²) in [6.07, 6.45) is -0.730. The van der Waals surface area contributed by atoms with Crippen LogP contribution in [-0.4, -0.2) is 24.2 Å². The fraction of sp³-hybridized carbons (Fsp3) is 0.381. The topological polar surface area (TPSA) is 58.6 Å². The number of benzene rings is 2. The van der Waals surface area contributed by atoms with Crippen molar-refractivity contribution in [2.75, 3.05) is 13.2 Å². The van der Waals surface area contributed by atoms with Crippen LogP contribution in [0.15, 0.2) is 42.5 Å². The van der Waals surface area contributed by atoms with Crippen LogP contribution in [0.2, 0.25) is 0 Å². The Hall–Kier alpha value is -2.33. The van der Waals surface area contributed by atoms with E-state index in [9.17, 15) is 9.90 Å². The van der Waals surface area contributed by atoms with Crippen LogP contribution in [0.3, 0.4) is 0 Å². The van der Waals surface area contributed by atoms with Crippen molar-refractivity contribution in [2.24, 2.45) is 0 Å². The minimum Gasteiger partial charge on any atom is -0.484 e. The van der Waals surface area contributed by atoms with Gasteiger partial charge in [0.1, 0.15) is 5.75 Å². The molecule has 0 bridgehead atoms. The molecule has 2 aromatic rings. The summed E-state index contributed by atoms with van der Waals surface area (Å²) in [4.78, 5) is 11.9. The second-order valence-corrected chi connectivity index (χ2v) is 6.68. The Morgan fingerprint density at radius 2 is 1.68 bits per heavy atom. The third-order valence-corrected chi connectivity index (χ3v) is 4.33. The summed E-state index contributed by atoms with van der Waals surface area (Å²) in [5.74, 6) is 0.868. The number of nitrogens with one attached hydrogen (secondary N) is 1. The molecule has 1 unspecified atom stereocenters. The molecule has 0 heterocycles. The van der Waals surface area contributed by atoms with Gasteiger partial charge < -0.3 is 15.2 Å². The van der Waals surface area contributed by atoms with E-state index in [1.165, 1.54) is 11.1 Å². The highest BCUT2D eigenvalue weighted by atomic mass is 16.5. The zero-order valence-corrected chi connectivity index (χ0v) is 15.4. The number of hydrogen-bond acceptors (Lipinski definition) is 3. The van der Waals surface area contributed by atoms with Crippen molar-refractivity contribution in [1.29, 1.82) is 0 Å². The molecule has 0 aromatic heterocycles. The van der Waals surface area contributed by atoms with E-state index in [-0.39, 0.29) is 19.1 Å². The molecule has 2 rings (SSSR count). The smallest absolute Gasteiger partial charge is 0.258 e. The molecule has 4 heteroatoms. The minimum atomic E-state index is -0.730. The summed E-state index contributed by atoms with van der Waals surface area (Å²) in [5, 5.41) is 12.9. The van der Waals surface area contributed by atoms with Gasteiger partial charge in [-0.15, -0.1) is 0 Å². The Balaban J connectivity index is 1.79. The van der Waals surface area contributed by atoms with Crippen molar-refractivity contribution in [3.8, 4) is 5.75 Å². The molecule has 134 valence electrons. The van der Waals surface area contributed by atoms with E-state index < -0.39 is 6.10 Å². The normalized spacial score (nSPS) is 12.1. The van der Waals surface area contributed by atoms with E-state index in [0.29, 0.717) is 11.7 Å². The summed E-state index contributed by atoms with van der Waals surface area (Å²) < 4.78 is 5.49. The van der Waals surface area contributed by atoms with Crippen LogP contribution in [0.4, 0.5) is 0 Å². The number of carbonyl (C=O) groups excluding carboxylic acids is 1. The second kappa shape index (κ2) is 8.67. The third-order valence-electron chi connectivity index (χ3n) is 4.33. The third kappa shape index (κ3) is 5.61. The summed E-state index contributed by atoms with van der Waals surface area (Å²) in [5.41, 5.74) is 4.32. The van der Waals surface area contributed by atoms with Crippen LogP contribution in [0.1, 0.15) is 48.1 Å². The predicted octanol–water partition coefficient (Wildman–Crippen LogP) is 3.66. The first-order chi connectivity index (χ1) is 11.9. The molecule has 0 aliphatic rings. The molecule has 0 fully saturated rings. The van der Waals surface area contributed by atoms with Crippen LogP contribution in [0.25, 0.3) is 0 Å². The molecule has 1 atom stereocenters. The number of aliphatic hydroxyl groups excluding tert-OH is 1. The lowest BCUT2D eigenvalue weighted by Crippen LogP contribution is -2.32. The molecule has 2 aromatic carbocycles. The summed E-state index contributed by atoms with van der Waals surface area (Å²) >= 11 is 0. The minimum absolute atomic E-state index is 0.0679. The van der Waals surface area contributed by atoms with E-state index >= 15 is 0 Å². The lowest BCUT2D eigenvalue weighted by Gasteiger charge is -2.14. The maximum absolute atomic E-state index is 11.9. The number of hydrogen-bond donors (Lipinski definition) is 2. The van der Waals surface area contributed by atoms with Crippen molar-refractivity contribution < 1.29 is 14.6 Å². The van der Waals surface area contributed by atoms with Crippen LogP contribution in [0.5, 0.6) is 5.75 Å². The van der Waals surface area contributed by atoms with Crippen molar-refractivity contribution in [3.05, 3.63) is 64.7 Å². The highest BCUT2D eigenvalue weighted by Gasteiger charge is 2.11. The van der Waals surface area contributed by atoms with Gasteiger partial charge in [0.05, 0.1) is 6.10 Å². The fourth-order valence-electron chi connectivity index (χ4n) is 2.44. The quantitative estimate of drug-likeness (QED) is 0.808. The summed E-state index contributed by atoms with van der Waals surface area (Å²) in [6, 6.07) is 13.5. The Kier molecular flexibility index (Phi) is 6.59. The molecule has 2 N–H and O–H groups in total. The van der Waals surface area contributed by atoms with Crippen molar-refractivity contribution >= 4 is 5.91 Å². The van der Waals surface area contributed by atoms with E-state index in [1.807, 2.05) is 56.3 Å². The maximum Gasteiger partial charge on any atom is 0.258 e. The Labute approximate surface area is 149 Å². The summed E-state index contributed by atoms with van der Waals surface area (Å²) in [6.45, 7) is 8.38. The molecule has 4 nitrogen and oxygen atoms in total. The SMILES string of the molecule is Cc1ccc(OCC(=O)NCC(O)c2ccc(C(C)C)cc2)cc1C. The molecule has 25 heavy (non-hydrogen) atoms. The highest BCUT2D eigenvalue weighted by Crippen LogP contribution is 2.18. The average molecular weight is 341 g/mol. The lowest BCUT2D eigenvalue weighted by atomic mass is 10.00. The van der Waals surface area contributed by atoms with Gasteiger partial charge in [0.2, 0.25) is 0 Å². The molecular formula is C21H27NO3. The van der Waals surface area contributed by atoms with E-state index in [0.717, 1.165) is 11.1 Å². The Morgan fingerprint density at radius 3 is 2.28 bits per heavy atom. The van der Waals surface area contributed by atoms with Gasteiger partial charge in [0.25, 0.3) is 5.91 Å². The maximum atomic E-state index is 11.9. The molecule has 0 aliphatic heterocycles. The first kappa shape index (κ1) is 19.0. The molecule has 1 amide bonds.